The van der Waals surface area contributed by atoms with E-state index in [1.54, 1.807) is 11.5 Å². The van der Waals surface area contributed by atoms with Crippen molar-refractivity contribution in [2.45, 2.75) is 19.9 Å². The highest BCUT2D eigenvalue weighted by atomic mass is 127. The number of carbonyl (C=O) groups is 1. The number of thiazole rings is 1. The molecule has 4 aromatic rings. The number of allylic oxidation sites excluding steroid dienone is 1. The number of ether oxygens (including phenoxy) is 2. The van der Waals surface area contributed by atoms with Crippen molar-refractivity contribution in [2.24, 2.45) is 4.99 Å². The minimum atomic E-state index is -0.678. The standard InChI is InChI=1S/C32H25I2N3O4S/c1-4-15-41-29-24(33)16-20(17-25(29)34)18-26-31(39)37-28(21-11-13-23(14-12-21)40-5-2)27(19(3)35-32(37)42-26)30(38)36-22-9-7-6-8-10-22/h1,6-14,16-18,28H,5,15H2,2-3H3,(H,36,38)/b26-18-/t28-/m1/s1. The Labute approximate surface area is 274 Å². The molecule has 0 radical (unpaired) electrons. The molecule has 0 saturated carbocycles. The third kappa shape index (κ3) is 6.33. The van der Waals surface area contributed by atoms with E-state index in [2.05, 4.69) is 56.4 Å². The molecule has 42 heavy (non-hydrogen) atoms. The van der Waals surface area contributed by atoms with Crippen LogP contribution in [-0.2, 0) is 4.79 Å². The second kappa shape index (κ2) is 13.3. The van der Waals surface area contributed by atoms with Crippen molar-refractivity contribution < 1.29 is 14.3 Å². The maximum Gasteiger partial charge on any atom is 0.271 e. The minimum absolute atomic E-state index is 0.176. The molecule has 0 saturated heterocycles. The Kier molecular flexibility index (Phi) is 9.50. The van der Waals surface area contributed by atoms with Gasteiger partial charge in [-0.25, -0.2) is 4.99 Å². The summed E-state index contributed by atoms with van der Waals surface area (Å²) >= 11 is 5.70. The molecule has 1 N–H and O–H groups in total. The Morgan fingerprint density at radius 3 is 2.45 bits per heavy atom. The highest BCUT2D eigenvalue weighted by Gasteiger charge is 2.32. The molecule has 2 heterocycles. The van der Waals surface area contributed by atoms with Gasteiger partial charge in [0.15, 0.2) is 4.80 Å². The van der Waals surface area contributed by atoms with Gasteiger partial charge in [0.25, 0.3) is 11.5 Å². The van der Waals surface area contributed by atoms with Crippen LogP contribution in [0.15, 0.2) is 87.8 Å². The number of halogens is 2. The molecule has 1 amide bonds. The fraction of sp³-hybridized carbons (Fsp3) is 0.156. The van der Waals surface area contributed by atoms with E-state index in [4.69, 9.17) is 20.9 Å². The zero-order chi connectivity index (χ0) is 29.8. The summed E-state index contributed by atoms with van der Waals surface area (Å²) in [6.45, 7) is 4.44. The van der Waals surface area contributed by atoms with Crippen LogP contribution in [0.4, 0.5) is 5.69 Å². The first-order chi connectivity index (χ1) is 20.3. The lowest BCUT2D eigenvalue weighted by Gasteiger charge is -2.25. The third-order valence-electron chi connectivity index (χ3n) is 6.42. The number of hydrogen-bond acceptors (Lipinski definition) is 6. The monoisotopic (exact) mass is 801 g/mol. The van der Waals surface area contributed by atoms with Gasteiger partial charge >= 0.3 is 0 Å². The quantitative estimate of drug-likeness (QED) is 0.189. The molecule has 0 fully saturated rings. The summed E-state index contributed by atoms with van der Waals surface area (Å²) in [5.74, 6) is 3.60. The van der Waals surface area contributed by atoms with E-state index < -0.39 is 6.04 Å². The molecular formula is C32H25I2N3O4S. The topological polar surface area (TPSA) is 81.9 Å². The number of benzene rings is 3. The summed E-state index contributed by atoms with van der Waals surface area (Å²) in [5.41, 5.74) is 3.00. The lowest BCUT2D eigenvalue weighted by molar-refractivity contribution is -0.113. The highest BCUT2D eigenvalue weighted by molar-refractivity contribution is 14.1. The number of terminal acetylenes is 1. The van der Waals surface area contributed by atoms with Crippen molar-refractivity contribution in [3.8, 4) is 23.8 Å². The number of carbonyl (C=O) groups excluding carboxylic acids is 1. The molecule has 0 unspecified atom stereocenters. The molecular weight excluding hydrogens is 776 g/mol. The van der Waals surface area contributed by atoms with Crippen LogP contribution < -0.4 is 29.7 Å². The molecule has 0 aliphatic carbocycles. The van der Waals surface area contributed by atoms with Crippen LogP contribution in [0.2, 0.25) is 0 Å². The van der Waals surface area contributed by atoms with Gasteiger partial charge in [-0.15, -0.1) is 6.42 Å². The van der Waals surface area contributed by atoms with E-state index in [0.717, 1.165) is 18.3 Å². The zero-order valence-electron chi connectivity index (χ0n) is 22.7. The normalized spacial score (nSPS) is 14.5. The maximum atomic E-state index is 14.0. The number of nitrogens with one attached hydrogen (secondary N) is 1. The SMILES string of the molecule is C#CCOc1c(I)cc(/C=c2\sc3n(c2=O)[C@H](c2ccc(OCC)cc2)C(C(=O)Nc2ccccc2)=C(C)N=3)cc1I. The van der Waals surface area contributed by atoms with Crippen LogP contribution in [0.1, 0.15) is 31.0 Å². The van der Waals surface area contributed by atoms with Gasteiger partial charge in [-0.2, -0.15) is 0 Å². The summed E-state index contributed by atoms with van der Waals surface area (Å²) in [5, 5.41) is 2.98. The van der Waals surface area contributed by atoms with Gasteiger partial charge in [0.2, 0.25) is 0 Å². The van der Waals surface area contributed by atoms with E-state index >= 15 is 0 Å². The lowest BCUT2D eigenvalue weighted by atomic mass is 9.95. The predicted octanol–water partition coefficient (Wildman–Crippen LogP) is 5.49. The van der Waals surface area contributed by atoms with Crippen LogP contribution >= 0.6 is 56.5 Å². The largest absolute Gasteiger partial charge is 0.494 e. The molecule has 3 aromatic carbocycles. The minimum Gasteiger partial charge on any atom is -0.494 e. The summed E-state index contributed by atoms with van der Waals surface area (Å²) in [6, 6.07) is 19.9. The molecule has 7 nitrogen and oxygen atoms in total. The Bertz CT molecular complexity index is 1880. The van der Waals surface area contributed by atoms with Crippen LogP contribution in [0.5, 0.6) is 11.5 Å². The van der Waals surface area contributed by atoms with Gasteiger partial charge < -0.3 is 14.8 Å². The summed E-state index contributed by atoms with van der Waals surface area (Å²) in [4.78, 5) is 33.0. The number of aromatic nitrogens is 1. The first-order valence-corrected chi connectivity index (χ1v) is 15.9. The molecule has 1 aromatic heterocycles. The van der Waals surface area contributed by atoms with Crippen LogP contribution in [0, 0.1) is 19.5 Å². The molecule has 212 valence electrons. The number of anilines is 1. The van der Waals surface area contributed by atoms with Gasteiger partial charge in [-0.1, -0.05) is 47.6 Å². The van der Waals surface area contributed by atoms with Crippen LogP contribution in [0.3, 0.4) is 0 Å². The van der Waals surface area contributed by atoms with Crippen LogP contribution in [-0.4, -0.2) is 23.7 Å². The predicted molar refractivity (Wildman–Crippen MR) is 183 cm³/mol. The number of amides is 1. The summed E-state index contributed by atoms with van der Waals surface area (Å²) < 4.78 is 15.2. The number of fused-ring (bicyclic) bond motifs is 1. The molecule has 1 atom stereocenters. The molecule has 1 aliphatic heterocycles. The number of para-hydroxylation sites is 1. The van der Waals surface area contributed by atoms with E-state index in [9.17, 15) is 9.59 Å². The third-order valence-corrected chi connectivity index (χ3v) is 9.01. The maximum absolute atomic E-state index is 14.0. The van der Waals surface area contributed by atoms with Crippen molar-refractivity contribution in [1.29, 1.82) is 0 Å². The molecule has 5 rings (SSSR count). The highest BCUT2D eigenvalue weighted by Crippen LogP contribution is 2.32. The summed E-state index contributed by atoms with van der Waals surface area (Å²) in [6.07, 6.45) is 7.20. The number of hydrogen-bond donors (Lipinski definition) is 1. The second-order valence-electron chi connectivity index (χ2n) is 9.21. The van der Waals surface area contributed by atoms with Gasteiger partial charge in [0.1, 0.15) is 18.1 Å². The van der Waals surface area contributed by atoms with Gasteiger partial charge in [0, 0.05) is 5.69 Å². The van der Waals surface area contributed by atoms with E-state index in [-0.39, 0.29) is 18.1 Å². The second-order valence-corrected chi connectivity index (χ2v) is 12.5. The molecule has 10 heteroatoms. The van der Waals surface area contributed by atoms with Crippen molar-refractivity contribution in [3.63, 3.8) is 0 Å². The van der Waals surface area contributed by atoms with Crippen molar-refractivity contribution in [2.75, 3.05) is 18.5 Å². The van der Waals surface area contributed by atoms with Gasteiger partial charge in [0.05, 0.1) is 35.6 Å². The smallest absolute Gasteiger partial charge is 0.271 e. The van der Waals surface area contributed by atoms with Crippen molar-refractivity contribution in [1.82, 2.24) is 4.57 Å². The Hall–Kier alpha value is -3.41. The first kappa shape index (κ1) is 30.1. The average Bonchev–Trinajstić information content (AvgIpc) is 3.27. The molecule has 1 aliphatic rings. The van der Waals surface area contributed by atoms with Gasteiger partial charge in [-0.05, 0) is 113 Å². The lowest BCUT2D eigenvalue weighted by Crippen LogP contribution is -2.40. The first-order valence-electron chi connectivity index (χ1n) is 13.0. The molecule has 0 spiro atoms. The Morgan fingerprint density at radius 1 is 1.12 bits per heavy atom. The van der Waals surface area contributed by atoms with E-state index in [1.165, 1.54) is 11.3 Å². The van der Waals surface area contributed by atoms with Crippen LogP contribution in [0.25, 0.3) is 6.08 Å². The molecule has 0 bridgehead atoms. The van der Waals surface area contributed by atoms with Crippen molar-refractivity contribution >= 4 is 74.2 Å². The summed E-state index contributed by atoms with van der Waals surface area (Å²) in [7, 11) is 0. The Balaban J connectivity index is 1.63. The van der Waals surface area contributed by atoms with E-state index in [1.807, 2.05) is 79.7 Å². The fourth-order valence-electron chi connectivity index (χ4n) is 4.63. The fourth-order valence-corrected chi connectivity index (χ4v) is 7.80. The number of nitrogens with zero attached hydrogens (tertiary/aromatic N) is 2. The zero-order valence-corrected chi connectivity index (χ0v) is 27.8. The average molecular weight is 801 g/mol. The van der Waals surface area contributed by atoms with Crippen molar-refractivity contribution in [3.05, 3.63) is 116 Å². The van der Waals surface area contributed by atoms with E-state index in [0.29, 0.717) is 44.4 Å². The Morgan fingerprint density at radius 2 is 1.81 bits per heavy atom. The van der Waals surface area contributed by atoms with Gasteiger partial charge in [-0.3, -0.25) is 14.2 Å². The number of rotatable bonds is 8.